The van der Waals surface area contributed by atoms with Crippen molar-refractivity contribution in [1.82, 2.24) is 10.2 Å². The van der Waals surface area contributed by atoms with E-state index in [9.17, 15) is 14.9 Å². The molecule has 7 nitrogen and oxygen atoms in total. The second-order valence-electron chi connectivity index (χ2n) is 4.00. The molecule has 1 aliphatic heterocycles. The molecule has 3 rings (SSSR count). The van der Waals surface area contributed by atoms with Gasteiger partial charge in [-0.1, -0.05) is 23.5 Å². The molecule has 0 bridgehead atoms. The van der Waals surface area contributed by atoms with Crippen LogP contribution in [0, 0.1) is 10.1 Å². The Morgan fingerprint density at radius 1 is 1.45 bits per heavy atom. The fourth-order valence-electron chi connectivity index (χ4n) is 1.94. The van der Waals surface area contributed by atoms with Gasteiger partial charge in [-0.3, -0.25) is 19.8 Å². The minimum atomic E-state index is -0.444. The summed E-state index contributed by atoms with van der Waals surface area (Å²) in [5.41, 5.74) is 2.28. The van der Waals surface area contributed by atoms with Crippen LogP contribution in [0.3, 0.4) is 0 Å². The Hall–Kier alpha value is -2.00. The zero-order chi connectivity index (χ0) is 14.1. The number of nitrogens with zero attached hydrogens (tertiary/aromatic N) is 4. The molecule has 102 valence electrons. The molecule has 2 aromatic rings. The molecule has 0 N–H and O–H groups in total. The van der Waals surface area contributed by atoms with E-state index >= 15 is 0 Å². The van der Waals surface area contributed by atoms with E-state index in [-0.39, 0.29) is 17.0 Å². The molecule has 1 fully saturated rings. The van der Waals surface area contributed by atoms with Gasteiger partial charge in [-0.2, -0.15) is 0 Å². The molecule has 9 heteroatoms. The van der Waals surface area contributed by atoms with Crippen molar-refractivity contribution in [3.63, 3.8) is 0 Å². The standard InChI is InChI=1S/C11H8N4O3S2/c16-9-5-19-10(14(9)11-13-12-6-20-11)7-2-1-3-8(4-7)15(17)18/h1-4,6,10H,5H2/t10-/m0/s1. The minimum absolute atomic E-state index is 0.0136. The largest absolute Gasteiger partial charge is 0.273 e. The second-order valence-corrected chi connectivity index (χ2v) is 5.88. The Morgan fingerprint density at radius 2 is 2.30 bits per heavy atom. The van der Waals surface area contributed by atoms with E-state index < -0.39 is 4.92 Å². The fraction of sp³-hybridized carbons (Fsp3) is 0.182. The van der Waals surface area contributed by atoms with E-state index in [0.717, 1.165) is 0 Å². The first kappa shape index (κ1) is 13.0. The first-order chi connectivity index (χ1) is 9.66. The highest BCUT2D eigenvalue weighted by molar-refractivity contribution is 8.00. The third kappa shape index (κ3) is 2.25. The van der Waals surface area contributed by atoms with Crippen LogP contribution in [-0.4, -0.2) is 26.8 Å². The highest BCUT2D eigenvalue weighted by Gasteiger charge is 2.36. The highest BCUT2D eigenvalue weighted by Crippen LogP contribution is 2.42. The van der Waals surface area contributed by atoms with Crippen LogP contribution in [0.25, 0.3) is 0 Å². The quantitative estimate of drug-likeness (QED) is 0.638. The number of anilines is 1. The van der Waals surface area contributed by atoms with Crippen LogP contribution >= 0.6 is 23.1 Å². The SMILES string of the molecule is O=C1CS[C@@H](c2cccc([N+](=O)[O-])c2)N1c1nncs1. The van der Waals surface area contributed by atoms with Crippen LogP contribution in [0.1, 0.15) is 10.9 Å². The van der Waals surface area contributed by atoms with Gasteiger partial charge in [0, 0.05) is 12.1 Å². The van der Waals surface area contributed by atoms with Crippen LogP contribution in [0.2, 0.25) is 0 Å². The van der Waals surface area contributed by atoms with Crippen molar-refractivity contribution in [2.75, 3.05) is 10.7 Å². The average molecular weight is 308 g/mol. The molecule has 0 spiro atoms. The molecule has 1 atom stereocenters. The van der Waals surface area contributed by atoms with Gasteiger partial charge in [0.05, 0.1) is 10.7 Å². The summed E-state index contributed by atoms with van der Waals surface area (Å²) in [6, 6.07) is 6.32. The van der Waals surface area contributed by atoms with E-state index in [1.165, 1.54) is 35.2 Å². The van der Waals surface area contributed by atoms with Gasteiger partial charge < -0.3 is 0 Å². The molecule has 1 aromatic carbocycles. The maximum absolute atomic E-state index is 12.0. The zero-order valence-corrected chi connectivity index (χ0v) is 11.6. The van der Waals surface area contributed by atoms with Crippen molar-refractivity contribution in [1.29, 1.82) is 0 Å². The van der Waals surface area contributed by atoms with Crippen molar-refractivity contribution in [3.05, 3.63) is 45.5 Å². The molecule has 1 saturated heterocycles. The summed E-state index contributed by atoms with van der Waals surface area (Å²) in [6.45, 7) is 0. The Kier molecular flexibility index (Phi) is 3.36. The zero-order valence-electron chi connectivity index (χ0n) is 10.0. The maximum atomic E-state index is 12.0. The number of hydrogen-bond acceptors (Lipinski definition) is 7. The number of non-ortho nitro benzene ring substituents is 1. The summed E-state index contributed by atoms with van der Waals surface area (Å²) >= 11 is 2.69. The molecule has 1 aromatic heterocycles. The fourth-order valence-corrected chi connectivity index (χ4v) is 3.76. The lowest BCUT2D eigenvalue weighted by molar-refractivity contribution is -0.384. The molecular weight excluding hydrogens is 300 g/mol. The number of nitro groups is 1. The lowest BCUT2D eigenvalue weighted by atomic mass is 10.2. The second kappa shape index (κ2) is 5.17. The lowest BCUT2D eigenvalue weighted by Crippen LogP contribution is -2.27. The van der Waals surface area contributed by atoms with Gasteiger partial charge in [0.1, 0.15) is 10.9 Å². The minimum Gasteiger partial charge on any atom is -0.273 e. The van der Waals surface area contributed by atoms with Gasteiger partial charge in [0.25, 0.3) is 5.69 Å². The molecule has 0 aliphatic carbocycles. The Morgan fingerprint density at radius 3 is 3.00 bits per heavy atom. The number of carbonyl (C=O) groups excluding carboxylic acids is 1. The summed E-state index contributed by atoms with van der Waals surface area (Å²) < 4.78 is 0. The molecule has 1 aliphatic rings. The topological polar surface area (TPSA) is 89.2 Å². The van der Waals surface area contributed by atoms with Gasteiger partial charge in [-0.05, 0) is 5.56 Å². The van der Waals surface area contributed by atoms with Gasteiger partial charge in [0.15, 0.2) is 0 Å². The van der Waals surface area contributed by atoms with Gasteiger partial charge in [-0.25, -0.2) is 0 Å². The third-order valence-corrected chi connectivity index (χ3v) is 4.69. The maximum Gasteiger partial charge on any atom is 0.269 e. The molecule has 0 unspecified atom stereocenters. The normalized spacial score (nSPS) is 18.5. The number of benzene rings is 1. The van der Waals surface area contributed by atoms with Crippen molar-refractivity contribution >= 4 is 39.8 Å². The summed E-state index contributed by atoms with van der Waals surface area (Å²) in [4.78, 5) is 23.9. The Bertz CT molecular complexity index is 661. The molecular formula is C11H8N4O3S2. The van der Waals surface area contributed by atoms with Crippen LogP contribution < -0.4 is 4.90 Å². The summed E-state index contributed by atoms with van der Waals surface area (Å²) in [5, 5.41) is 18.7. The van der Waals surface area contributed by atoms with Crippen molar-refractivity contribution in [3.8, 4) is 0 Å². The predicted molar refractivity (Wildman–Crippen MR) is 75.7 cm³/mol. The molecule has 20 heavy (non-hydrogen) atoms. The first-order valence-electron chi connectivity index (χ1n) is 5.61. The lowest BCUT2D eigenvalue weighted by Gasteiger charge is -2.20. The van der Waals surface area contributed by atoms with Crippen molar-refractivity contribution < 1.29 is 9.72 Å². The number of carbonyl (C=O) groups is 1. The van der Waals surface area contributed by atoms with Crippen molar-refractivity contribution in [2.45, 2.75) is 5.37 Å². The first-order valence-corrected chi connectivity index (χ1v) is 7.54. The van der Waals surface area contributed by atoms with Crippen molar-refractivity contribution in [2.24, 2.45) is 0 Å². The smallest absolute Gasteiger partial charge is 0.269 e. The van der Waals surface area contributed by atoms with Gasteiger partial charge in [0.2, 0.25) is 11.0 Å². The van der Waals surface area contributed by atoms with Crippen LogP contribution in [0.15, 0.2) is 29.8 Å². The molecule has 0 saturated carbocycles. The number of aromatic nitrogens is 2. The van der Waals surface area contributed by atoms with Gasteiger partial charge in [-0.15, -0.1) is 22.0 Å². The number of amides is 1. The Balaban J connectivity index is 1.98. The summed E-state index contributed by atoms with van der Waals surface area (Å²) in [5.74, 6) is 0.260. The monoisotopic (exact) mass is 308 g/mol. The van der Waals surface area contributed by atoms with Gasteiger partial charge >= 0.3 is 0 Å². The number of nitro benzene ring substituents is 1. The number of rotatable bonds is 3. The van der Waals surface area contributed by atoms with E-state index in [2.05, 4.69) is 10.2 Å². The third-order valence-electron chi connectivity index (χ3n) is 2.79. The van der Waals surface area contributed by atoms with E-state index in [1.54, 1.807) is 22.5 Å². The summed E-state index contributed by atoms with van der Waals surface area (Å²) in [7, 11) is 0. The molecule has 2 heterocycles. The highest BCUT2D eigenvalue weighted by atomic mass is 32.2. The van der Waals surface area contributed by atoms with E-state index in [4.69, 9.17) is 0 Å². The summed E-state index contributed by atoms with van der Waals surface area (Å²) in [6.07, 6.45) is 0. The van der Waals surface area contributed by atoms with E-state index in [0.29, 0.717) is 16.4 Å². The molecule has 1 amide bonds. The van der Waals surface area contributed by atoms with Crippen LogP contribution in [0.4, 0.5) is 10.8 Å². The van der Waals surface area contributed by atoms with E-state index in [1.807, 2.05) is 0 Å². The van der Waals surface area contributed by atoms with Crippen LogP contribution in [-0.2, 0) is 4.79 Å². The Labute approximate surface area is 121 Å². The number of hydrogen-bond donors (Lipinski definition) is 0. The van der Waals surface area contributed by atoms with Crippen LogP contribution in [0.5, 0.6) is 0 Å². The average Bonchev–Trinajstić information content (AvgIpc) is 3.07. The predicted octanol–water partition coefficient (Wildman–Crippen LogP) is 2.22. The number of thioether (sulfide) groups is 1. The molecule has 0 radical (unpaired) electrons.